The molecule has 3 aromatic carbocycles. The van der Waals surface area contributed by atoms with Gasteiger partial charge in [0.15, 0.2) is 6.61 Å². The van der Waals surface area contributed by atoms with E-state index in [1.807, 2.05) is 44.2 Å². The highest BCUT2D eigenvalue weighted by Gasteiger charge is 2.31. The van der Waals surface area contributed by atoms with Gasteiger partial charge in [-0.1, -0.05) is 78.1 Å². The van der Waals surface area contributed by atoms with Crippen LogP contribution in [0.2, 0.25) is 15.1 Å². The Labute approximate surface area is 241 Å². The second-order valence-electron chi connectivity index (χ2n) is 8.66. The van der Waals surface area contributed by atoms with Gasteiger partial charge in [-0.2, -0.15) is 0 Å². The number of nitrogens with one attached hydrogen (secondary N) is 1. The lowest BCUT2D eigenvalue weighted by Crippen LogP contribution is -2.53. The first-order valence-electron chi connectivity index (χ1n) is 11.8. The van der Waals surface area contributed by atoms with Crippen molar-refractivity contribution in [2.75, 3.05) is 6.61 Å². The largest absolute Gasteiger partial charge is 0.483 e. The molecule has 196 valence electrons. The Kier molecular flexibility index (Phi) is 11.1. The smallest absolute Gasteiger partial charge is 0.261 e. The maximum atomic E-state index is 13.7. The van der Waals surface area contributed by atoms with Crippen molar-refractivity contribution in [1.82, 2.24) is 10.2 Å². The lowest BCUT2D eigenvalue weighted by atomic mass is 10.0. The van der Waals surface area contributed by atoms with Crippen LogP contribution in [-0.2, 0) is 22.6 Å². The molecule has 9 heteroatoms. The molecule has 2 amide bonds. The van der Waals surface area contributed by atoms with E-state index in [0.29, 0.717) is 31.7 Å². The second kappa shape index (κ2) is 14.1. The van der Waals surface area contributed by atoms with Crippen LogP contribution in [-0.4, -0.2) is 35.4 Å². The molecule has 0 radical (unpaired) electrons. The Hall–Kier alpha value is -2.25. The van der Waals surface area contributed by atoms with Gasteiger partial charge in [0, 0.05) is 24.0 Å². The fraction of sp³-hybridized carbons (Fsp3) is 0.286. The number of halogens is 4. The van der Waals surface area contributed by atoms with Gasteiger partial charge in [0.2, 0.25) is 5.91 Å². The molecule has 1 N–H and O–H groups in total. The van der Waals surface area contributed by atoms with Gasteiger partial charge in [-0.25, -0.2) is 0 Å². The predicted octanol–water partition coefficient (Wildman–Crippen LogP) is 7.34. The highest BCUT2D eigenvalue weighted by Crippen LogP contribution is 2.28. The number of ether oxygens (including phenoxy) is 1. The minimum Gasteiger partial charge on any atom is -0.483 e. The summed E-state index contributed by atoms with van der Waals surface area (Å²) in [6.45, 7) is 3.80. The van der Waals surface area contributed by atoms with Gasteiger partial charge in [-0.3, -0.25) is 9.59 Å². The molecule has 0 saturated carbocycles. The summed E-state index contributed by atoms with van der Waals surface area (Å²) >= 11 is 21.8. The van der Waals surface area contributed by atoms with Gasteiger partial charge in [-0.05, 0) is 70.7 Å². The number of hydrogen-bond acceptors (Lipinski definition) is 3. The summed E-state index contributed by atoms with van der Waals surface area (Å²) in [4.78, 5) is 28.7. The Morgan fingerprint density at radius 1 is 0.973 bits per heavy atom. The third kappa shape index (κ3) is 8.64. The first-order valence-corrected chi connectivity index (χ1v) is 13.8. The Morgan fingerprint density at radius 3 is 2.35 bits per heavy atom. The van der Waals surface area contributed by atoms with E-state index in [0.717, 1.165) is 17.5 Å². The molecular formula is C28H28BrCl3N2O3. The number of hydrogen-bond donors (Lipinski definition) is 1. The monoisotopic (exact) mass is 624 g/mol. The Morgan fingerprint density at radius 2 is 1.70 bits per heavy atom. The highest BCUT2D eigenvalue weighted by atomic mass is 79.9. The second-order valence-corrected chi connectivity index (χ2v) is 10.8. The van der Waals surface area contributed by atoms with Crippen LogP contribution < -0.4 is 10.1 Å². The number of carbonyl (C=O) groups is 2. The maximum absolute atomic E-state index is 13.7. The Balaban J connectivity index is 1.94. The normalized spacial score (nSPS) is 12.5. The van der Waals surface area contributed by atoms with Crippen molar-refractivity contribution >= 4 is 62.5 Å². The summed E-state index contributed by atoms with van der Waals surface area (Å²) in [5.41, 5.74) is 1.67. The SMILES string of the molecule is CC[C@@H](C)NC(=O)[C@H](Cc1ccccc1)N(Cc1ccc(Cl)c(Cl)c1)C(=O)COc1ccc(Cl)cc1Br. The van der Waals surface area contributed by atoms with E-state index in [4.69, 9.17) is 39.5 Å². The molecule has 0 aromatic heterocycles. The molecule has 0 unspecified atom stereocenters. The average molecular weight is 627 g/mol. The molecule has 0 aliphatic carbocycles. The fourth-order valence-corrected chi connectivity index (χ4v) is 4.76. The summed E-state index contributed by atoms with van der Waals surface area (Å²) in [7, 11) is 0. The third-order valence-electron chi connectivity index (χ3n) is 5.85. The molecule has 0 heterocycles. The van der Waals surface area contributed by atoms with Crippen molar-refractivity contribution < 1.29 is 14.3 Å². The molecule has 0 aliphatic heterocycles. The first kappa shape index (κ1) is 29.3. The zero-order valence-electron chi connectivity index (χ0n) is 20.5. The quantitative estimate of drug-likeness (QED) is 0.242. The summed E-state index contributed by atoms with van der Waals surface area (Å²) in [5, 5.41) is 4.36. The maximum Gasteiger partial charge on any atom is 0.261 e. The van der Waals surface area contributed by atoms with Gasteiger partial charge in [-0.15, -0.1) is 0 Å². The molecule has 2 atom stereocenters. The lowest BCUT2D eigenvalue weighted by molar-refractivity contribution is -0.143. The van der Waals surface area contributed by atoms with E-state index in [1.54, 1.807) is 36.4 Å². The van der Waals surface area contributed by atoms with E-state index in [2.05, 4.69) is 21.2 Å². The van der Waals surface area contributed by atoms with Crippen LogP contribution in [0, 0.1) is 0 Å². The van der Waals surface area contributed by atoms with Crippen LogP contribution in [0.3, 0.4) is 0 Å². The number of benzene rings is 3. The molecule has 0 bridgehead atoms. The van der Waals surface area contributed by atoms with Crippen LogP contribution in [0.1, 0.15) is 31.4 Å². The third-order valence-corrected chi connectivity index (χ3v) is 7.45. The Bertz CT molecular complexity index is 1230. The van der Waals surface area contributed by atoms with Crippen molar-refractivity contribution in [3.05, 3.63) is 97.4 Å². The van der Waals surface area contributed by atoms with Crippen molar-refractivity contribution in [3.63, 3.8) is 0 Å². The van der Waals surface area contributed by atoms with Crippen molar-refractivity contribution in [3.8, 4) is 5.75 Å². The topological polar surface area (TPSA) is 58.6 Å². The van der Waals surface area contributed by atoms with Crippen LogP contribution in [0.25, 0.3) is 0 Å². The molecule has 0 saturated heterocycles. The summed E-state index contributed by atoms with van der Waals surface area (Å²) in [5.74, 6) is -0.122. The number of amides is 2. The van der Waals surface area contributed by atoms with Crippen molar-refractivity contribution in [2.45, 2.75) is 45.3 Å². The molecule has 0 aliphatic rings. The van der Waals surface area contributed by atoms with Gasteiger partial charge < -0.3 is 15.0 Å². The number of nitrogens with zero attached hydrogens (tertiary/aromatic N) is 1. The van der Waals surface area contributed by atoms with Crippen LogP contribution >= 0.6 is 50.7 Å². The van der Waals surface area contributed by atoms with E-state index < -0.39 is 6.04 Å². The molecule has 3 rings (SSSR count). The molecule has 0 fully saturated rings. The van der Waals surface area contributed by atoms with Crippen LogP contribution in [0.4, 0.5) is 0 Å². The fourth-order valence-electron chi connectivity index (χ4n) is 3.64. The molecule has 37 heavy (non-hydrogen) atoms. The number of carbonyl (C=O) groups excluding carboxylic acids is 2. The first-order chi connectivity index (χ1) is 17.7. The molecule has 0 spiro atoms. The van der Waals surface area contributed by atoms with E-state index in [-0.39, 0.29) is 31.0 Å². The van der Waals surface area contributed by atoms with E-state index in [9.17, 15) is 9.59 Å². The van der Waals surface area contributed by atoms with Gasteiger partial charge in [0.05, 0.1) is 14.5 Å². The van der Waals surface area contributed by atoms with Crippen molar-refractivity contribution in [2.24, 2.45) is 0 Å². The van der Waals surface area contributed by atoms with Crippen LogP contribution in [0.15, 0.2) is 71.2 Å². The standard InChI is InChI=1S/C28H28BrCl3N2O3/c1-3-18(2)33-28(36)25(14-19-7-5-4-6-8-19)34(16-20-9-11-23(31)24(32)13-20)27(35)17-37-26-12-10-21(30)15-22(26)29/h4-13,15,18,25H,3,14,16-17H2,1-2H3,(H,33,36)/t18-,25+/m1/s1. The van der Waals surface area contributed by atoms with Crippen LogP contribution in [0.5, 0.6) is 5.75 Å². The lowest BCUT2D eigenvalue weighted by Gasteiger charge is -2.32. The minimum atomic E-state index is -0.782. The van der Waals surface area contributed by atoms with E-state index >= 15 is 0 Å². The van der Waals surface area contributed by atoms with Gasteiger partial charge >= 0.3 is 0 Å². The van der Waals surface area contributed by atoms with Gasteiger partial charge in [0.25, 0.3) is 5.91 Å². The minimum absolute atomic E-state index is 0.0472. The number of rotatable bonds is 11. The summed E-state index contributed by atoms with van der Waals surface area (Å²) in [6.07, 6.45) is 1.10. The predicted molar refractivity (Wildman–Crippen MR) is 153 cm³/mol. The average Bonchev–Trinajstić information content (AvgIpc) is 2.88. The molecule has 5 nitrogen and oxygen atoms in total. The zero-order chi connectivity index (χ0) is 26.9. The highest BCUT2D eigenvalue weighted by molar-refractivity contribution is 9.10. The zero-order valence-corrected chi connectivity index (χ0v) is 24.4. The van der Waals surface area contributed by atoms with Gasteiger partial charge in [0.1, 0.15) is 11.8 Å². The van der Waals surface area contributed by atoms with Crippen molar-refractivity contribution in [1.29, 1.82) is 0 Å². The van der Waals surface area contributed by atoms with E-state index in [1.165, 1.54) is 4.90 Å². The molecule has 3 aromatic rings. The molecular weight excluding hydrogens is 599 g/mol. The summed E-state index contributed by atoms with van der Waals surface area (Å²) < 4.78 is 6.45. The summed E-state index contributed by atoms with van der Waals surface area (Å²) in [6, 6.07) is 19.0.